The molecule has 0 saturated heterocycles. The maximum absolute atomic E-state index is 10.5. The van der Waals surface area contributed by atoms with Crippen molar-refractivity contribution < 1.29 is 5.11 Å². The Hall–Kier alpha value is -0.0400. The van der Waals surface area contributed by atoms with E-state index in [0.717, 1.165) is 0 Å². The van der Waals surface area contributed by atoms with E-state index in [4.69, 9.17) is 0 Å². The average Bonchev–Trinajstić information content (AvgIpc) is 2.51. The van der Waals surface area contributed by atoms with Crippen molar-refractivity contribution in [3.05, 3.63) is 0 Å². The molecule has 0 bridgehead atoms. The molecule has 0 amide bonds. The van der Waals surface area contributed by atoms with Gasteiger partial charge in [-0.1, -0.05) is 97.8 Å². The van der Waals surface area contributed by atoms with Crippen LogP contribution in [0.25, 0.3) is 0 Å². The van der Waals surface area contributed by atoms with Gasteiger partial charge in [0.05, 0.1) is 6.10 Å². The second-order valence-corrected chi connectivity index (χ2v) is 7.47. The molecule has 0 aromatic heterocycles. The smallest absolute Gasteiger partial charge is 0.0568 e. The van der Waals surface area contributed by atoms with Crippen LogP contribution in [0.1, 0.15) is 124 Å². The molecule has 0 heterocycles. The molecule has 1 N–H and O–H groups in total. The summed E-state index contributed by atoms with van der Waals surface area (Å²) in [6, 6.07) is 0. The summed E-state index contributed by atoms with van der Waals surface area (Å²) in [5.41, 5.74) is 0.204. The fourth-order valence-electron chi connectivity index (χ4n) is 3.71. The first-order valence-corrected chi connectivity index (χ1v) is 10.3. The van der Waals surface area contributed by atoms with Gasteiger partial charge < -0.3 is 5.11 Å². The maximum atomic E-state index is 10.5. The highest BCUT2D eigenvalue weighted by Crippen LogP contribution is 2.40. The summed E-state index contributed by atoms with van der Waals surface area (Å²) in [5.74, 6) is 0. The minimum Gasteiger partial charge on any atom is -0.393 e. The van der Waals surface area contributed by atoms with E-state index in [9.17, 15) is 5.11 Å². The Morgan fingerprint density at radius 1 is 0.591 bits per heavy atom. The molecule has 134 valence electrons. The van der Waals surface area contributed by atoms with E-state index >= 15 is 0 Å². The molecule has 1 atom stereocenters. The second-order valence-electron chi connectivity index (χ2n) is 7.47. The molecular formula is C21H44O. The second kappa shape index (κ2) is 14.5. The molecule has 1 unspecified atom stereocenters. The monoisotopic (exact) mass is 312 g/mol. The van der Waals surface area contributed by atoms with Crippen LogP contribution in [0.5, 0.6) is 0 Å². The fourth-order valence-corrected chi connectivity index (χ4v) is 3.71. The van der Waals surface area contributed by atoms with E-state index in [1.807, 2.05) is 0 Å². The van der Waals surface area contributed by atoms with E-state index in [-0.39, 0.29) is 11.5 Å². The Morgan fingerprint density at radius 3 is 1.14 bits per heavy atom. The van der Waals surface area contributed by atoms with Crippen molar-refractivity contribution in [3.63, 3.8) is 0 Å². The molecule has 0 spiro atoms. The van der Waals surface area contributed by atoms with E-state index in [1.165, 1.54) is 96.3 Å². The summed E-state index contributed by atoms with van der Waals surface area (Å²) in [6.45, 7) is 8.88. The highest BCUT2D eigenvalue weighted by atomic mass is 16.3. The summed E-state index contributed by atoms with van der Waals surface area (Å²) < 4.78 is 0. The topological polar surface area (TPSA) is 20.2 Å². The molecule has 0 aromatic carbocycles. The van der Waals surface area contributed by atoms with E-state index in [1.54, 1.807) is 0 Å². The molecule has 0 aliphatic carbocycles. The Kier molecular flexibility index (Phi) is 14.5. The van der Waals surface area contributed by atoms with Gasteiger partial charge in [-0.2, -0.15) is 0 Å². The van der Waals surface area contributed by atoms with Gasteiger partial charge in [-0.15, -0.1) is 0 Å². The van der Waals surface area contributed by atoms with E-state index in [2.05, 4.69) is 27.7 Å². The first-order chi connectivity index (χ1) is 10.6. The third-order valence-corrected chi connectivity index (χ3v) is 5.47. The highest BCUT2D eigenvalue weighted by molar-refractivity contribution is 4.84. The molecule has 1 heteroatoms. The molecule has 1 nitrogen and oxygen atoms in total. The standard InChI is InChI=1S/C21H44O/c1-5-8-11-14-17-21(20(4)22,18-15-12-9-6-2)19-16-13-10-7-3/h20,22H,5-19H2,1-4H3. The van der Waals surface area contributed by atoms with Gasteiger partial charge in [-0.05, 0) is 31.6 Å². The quantitative estimate of drug-likeness (QED) is 0.297. The van der Waals surface area contributed by atoms with Gasteiger partial charge in [-0.25, -0.2) is 0 Å². The van der Waals surface area contributed by atoms with Crippen LogP contribution in [0, 0.1) is 5.41 Å². The van der Waals surface area contributed by atoms with Crippen LogP contribution in [0.2, 0.25) is 0 Å². The number of rotatable bonds is 16. The van der Waals surface area contributed by atoms with Crippen molar-refractivity contribution >= 4 is 0 Å². The molecule has 0 saturated carbocycles. The lowest BCUT2D eigenvalue weighted by Crippen LogP contribution is -2.33. The molecular weight excluding hydrogens is 268 g/mol. The molecule has 0 rings (SSSR count). The Labute approximate surface area is 141 Å². The van der Waals surface area contributed by atoms with Crippen LogP contribution in [-0.2, 0) is 0 Å². The van der Waals surface area contributed by atoms with Gasteiger partial charge in [0.25, 0.3) is 0 Å². The minimum absolute atomic E-state index is 0.141. The van der Waals surface area contributed by atoms with Gasteiger partial charge in [-0.3, -0.25) is 0 Å². The minimum atomic E-state index is -0.141. The Morgan fingerprint density at radius 2 is 0.909 bits per heavy atom. The van der Waals surface area contributed by atoms with Crippen molar-refractivity contribution in [1.29, 1.82) is 0 Å². The fraction of sp³-hybridized carbons (Fsp3) is 1.00. The number of hydrogen-bond donors (Lipinski definition) is 1. The maximum Gasteiger partial charge on any atom is 0.0568 e. The average molecular weight is 313 g/mol. The molecule has 0 radical (unpaired) electrons. The van der Waals surface area contributed by atoms with Crippen LogP contribution in [-0.4, -0.2) is 11.2 Å². The van der Waals surface area contributed by atoms with Crippen molar-refractivity contribution in [2.45, 2.75) is 130 Å². The largest absolute Gasteiger partial charge is 0.393 e. The van der Waals surface area contributed by atoms with Crippen LogP contribution < -0.4 is 0 Å². The lowest BCUT2D eigenvalue weighted by Gasteiger charge is -2.37. The first kappa shape index (κ1) is 22.0. The predicted octanol–water partition coefficient (Wildman–Crippen LogP) is 7.26. The van der Waals surface area contributed by atoms with Crippen LogP contribution >= 0.6 is 0 Å². The van der Waals surface area contributed by atoms with Crippen molar-refractivity contribution in [2.75, 3.05) is 0 Å². The van der Waals surface area contributed by atoms with E-state index in [0.29, 0.717) is 0 Å². The zero-order valence-corrected chi connectivity index (χ0v) is 16.1. The summed E-state index contributed by atoms with van der Waals surface area (Å²) in [4.78, 5) is 0. The van der Waals surface area contributed by atoms with Crippen LogP contribution in [0.15, 0.2) is 0 Å². The van der Waals surface area contributed by atoms with Gasteiger partial charge in [0.1, 0.15) is 0 Å². The Bertz CT molecular complexity index is 191. The zero-order valence-electron chi connectivity index (χ0n) is 16.1. The third-order valence-electron chi connectivity index (χ3n) is 5.47. The zero-order chi connectivity index (χ0) is 16.7. The lowest BCUT2D eigenvalue weighted by molar-refractivity contribution is 0.0110. The van der Waals surface area contributed by atoms with Crippen LogP contribution in [0.3, 0.4) is 0 Å². The first-order valence-electron chi connectivity index (χ1n) is 10.3. The Balaban J connectivity index is 4.48. The number of aliphatic hydroxyl groups is 1. The highest BCUT2D eigenvalue weighted by Gasteiger charge is 2.33. The van der Waals surface area contributed by atoms with Gasteiger partial charge in [0.15, 0.2) is 0 Å². The summed E-state index contributed by atoms with van der Waals surface area (Å²) in [5, 5.41) is 10.5. The van der Waals surface area contributed by atoms with Crippen molar-refractivity contribution in [3.8, 4) is 0 Å². The molecule has 0 aromatic rings. The van der Waals surface area contributed by atoms with Gasteiger partial charge in [0, 0.05) is 0 Å². The molecule has 0 fully saturated rings. The molecule has 0 aliphatic rings. The van der Waals surface area contributed by atoms with Gasteiger partial charge >= 0.3 is 0 Å². The lowest BCUT2D eigenvalue weighted by atomic mass is 9.70. The van der Waals surface area contributed by atoms with Crippen LogP contribution in [0.4, 0.5) is 0 Å². The van der Waals surface area contributed by atoms with Crippen molar-refractivity contribution in [1.82, 2.24) is 0 Å². The number of hydrogen-bond acceptors (Lipinski definition) is 1. The number of unbranched alkanes of at least 4 members (excludes halogenated alkanes) is 9. The van der Waals surface area contributed by atoms with E-state index < -0.39 is 0 Å². The normalized spacial score (nSPS) is 13.5. The van der Waals surface area contributed by atoms with Crippen molar-refractivity contribution in [2.24, 2.45) is 5.41 Å². The predicted molar refractivity (Wildman–Crippen MR) is 100 cm³/mol. The SMILES string of the molecule is CCCCCCC(CCCCCC)(CCCCCC)C(C)O. The summed E-state index contributed by atoms with van der Waals surface area (Å²) in [7, 11) is 0. The third kappa shape index (κ3) is 9.87. The number of aliphatic hydroxyl groups excluding tert-OH is 1. The molecule has 22 heavy (non-hydrogen) atoms. The summed E-state index contributed by atoms with van der Waals surface area (Å²) >= 11 is 0. The van der Waals surface area contributed by atoms with Gasteiger partial charge in [0.2, 0.25) is 0 Å². The summed E-state index contributed by atoms with van der Waals surface area (Å²) in [6.07, 6.45) is 19.5. The molecule has 0 aliphatic heterocycles.